The topological polar surface area (TPSA) is 132 Å². The minimum Gasteiger partial charge on any atom is -0.461 e. The van der Waals surface area contributed by atoms with Gasteiger partial charge < -0.3 is 30.2 Å². The van der Waals surface area contributed by atoms with E-state index in [0.29, 0.717) is 43.9 Å². The molecule has 1 aliphatic heterocycles. The van der Waals surface area contributed by atoms with E-state index in [4.69, 9.17) is 4.74 Å². The number of carbonyl (C=O) groups is 3. The van der Waals surface area contributed by atoms with Gasteiger partial charge in [-0.05, 0) is 50.2 Å². The van der Waals surface area contributed by atoms with Gasteiger partial charge in [0.1, 0.15) is 11.9 Å². The molecular weight excluding hydrogens is 520 g/mol. The highest BCUT2D eigenvalue weighted by Gasteiger charge is 2.30. The molecule has 1 aromatic carbocycles. The molecule has 222 valence electrons. The van der Waals surface area contributed by atoms with Crippen molar-refractivity contribution in [1.82, 2.24) is 30.5 Å². The van der Waals surface area contributed by atoms with Crippen LogP contribution in [0.1, 0.15) is 93.4 Å². The van der Waals surface area contributed by atoms with Gasteiger partial charge in [0.2, 0.25) is 5.91 Å². The number of aryl methyl sites for hydroxylation is 1. The third kappa shape index (κ3) is 7.68. The SMILES string of the molecule is CCOC(=O)c1nc([C@@H](Cc2c[nH]c3ccccc23)NC(=O)[C@H](CC(C)C)NC(=O)N2CCCCCC2)[nH]c1CC. The van der Waals surface area contributed by atoms with Crippen LogP contribution in [0.2, 0.25) is 0 Å². The molecule has 0 unspecified atom stereocenters. The maximum absolute atomic E-state index is 13.9. The summed E-state index contributed by atoms with van der Waals surface area (Å²) in [6, 6.07) is 6.51. The maximum Gasteiger partial charge on any atom is 0.358 e. The number of nitrogens with zero attached hydrogens (tertiary/aromatic N) is 2. The van der Waals surface area contributed by atoms with E-state index in [9.17, 15) is 14.4 Å². The number of aromatic nitrogens is 3. The van der Waals surface area contributed by atoms with Gasteiger partial charge in [-0.1, -0.05) is 51.8 Å². The van der Waals surface area contributed by atoms with Crippen molar-refractivity contribution in [3.63, 3.8) is 0 Å². The zero-order valence-electron chi connectivity index (χ0n) is 24.7. The van der Waals surface area contributed by atoms with E-state index in [1.54, 1.807) is 6.92 Å². The van der Waals surface area contributed by atoms with Gasteiger partial charge in [-0.15, -0.1) is 0 Å². The molecule has 3 heterocycles. The highest BCUT2D eigenvalue weighted by Crippen LogP contribution is 2.25. The summed E-state index contributed by atoms with van der Waals surface area (Å²) in [5.41, 5.74) is 2.89. The van der Waals surface area contributed by atoms with E-state index < -0.39 is 18.1 Å². The number of nitrogens with one attached hydrogen (secondary N) is 4. The van der Waals surface area contributed by atoms with Crippen LogP contribution >= 0.6 is 0 Å². The second-order valence-electron chi connectivity index (χ2n) is 11.2. The van der Waals surface area contributed by atoms with Crippen LogP contribution in [-0.4, -0.2) is 63.5 Å². The third-order valence-corrected chi connectivity index (χ3v) is 7.58. The lowest BCUT2D eigenvalue weighted by Crippen LogP contribution is -2.52. The predicted octanol–water partition coefficient (Wildman–Crippen LogP) is 5.03. The number of esters is 1. The smallest absolute Gasteiger partial charge is 0.358 e. The van der Waals surface area contributed by atoms with Crippen LogP contribution in [0.25, 0.3) is 10.9 Å². The summed E-state index contributed by atoms with van der Waals surface area (Å²) >= 11 is 0. The lowest BCUT2D eigenvalue weighted by molar-refractivity contribution is -0.124. The number of hydrogen-bond acceptors (Lipinski definition) is 5. The number of ether oxygens (including phenoxy) is 1. The number of hydrogen-bond donors (Lipinski definition) is 4. The fourth-order valence-electron chi connectivity index (χ4n) is 5.44. The lowest BCUT2D eigenvalue weighted by Gasteiger charge is -2.27. The molecule has 2 aromatic heterocycles. The van der Waals surface area contributed by atoms with Gasteiger partial charge in [0.15, 0.2) is 5.69 Å². The van der Waals surface area contributed by atoms with Crippen LogP contribution in [0, 0.1) is 5.92 Å². The van der Waals surface area contributed by atoms with Crippen molar-refractivity contribution in [2.45, 2.75) is 84.7 Å². The molecule has 0 aliphatic carbocycles. The quantitative estimate of drug-likeness (QED) is 0.243. The van der Waals surface area contributed by atoms with Gasteiger partial charge in [0.25, 0.3) is 0 Å². The zero-order chi connectivity index (χ0) is 29.4. The summed E-state index contributed by atoms with van der Waals surface area (Å²) in [5, 5.41) is 7.23. The van der Waals surface area contributed by atoms with E-state index in [-0.39, 0.29) is 30.2 Å². The number of para-hydroxylation sites is 1. The predicted molar refractivity (Wildman–Crippen MR) is 159 cm³/mol. The Morgan fingerprint density at radius 3 is 2.46 bits per heavy atom. The number of rotatable bonds is 11. The van der Waals surface area contributed by atoms with Crippen molar-refractivity contribution in [1.29, 1.82) is 0 Å². The van der Waals surface area contributed by atoms with Crippen LogP contribution in [0.15, 0.2) is 30.5 Å². The highest BCUT2D eigenvalue weighted by molar-refractivity contribution is 5.89. The van der Waals surface area contributed by atoms with E-state index in [0.717, 1.165) is 42.1 Å². The Morgan fingerprint density at radius 2 is 1.78 bits per heavy atom. The van der Waals surface area contributed by atoms with Crippen molar-refractivity contribution in [3.05, 3.63) is 53.2 Å². The van der Waals surface area contributed by atoms with Crippen LogP contribution in [0.3, 0.4) is 0 Å². The number of aromatic amines is 2. The van der Waals surface area contributed by atoms with E-state index >= 15 is 0 Å². The Morgan fingerprint density at radius 1 is 1.05 bits per heavy atom. The molecule has 4 N–H and O–H groups in total. The minimum atomic E-state index is -0.707. The number of amides is 3. The maximum atomic E-state index is 13.9. The van der Waals surface area contributed by atoms with Gasteiger partial charge in [-0.25, -0.2) is 14.6 Å². The number of H-pyrrole nitrogens is 2. The first-order chi connectivity index (χ1) is 19.8. The van der Waals surface area contributed by atoms with Gasteiger partial charge in [0.05, 0.1) is 12.6 Å². The molecule has 1 fully saturated rings. The lowest BCUT2D eigenvalue weighted by atomic mass is 10.0. The zero-order valence-corrected chi connectivity index (χ0v) is 24.7. The molecular formula is C31H44N6O4. The number of urea groups is 1. The first-order valence-electron chi connectivity index (χ1n) is 15.0. The van der Waals surface area contributed by atoms with Crippen molar-refractivity contribution >= 4 is 28.8 Å². The second-order valence-corrected chi connectivity index (χ2v) is 11.2. The van der Waals surface area contributed by atoms with Crippen molar-refractivity contribution in [2.75, 3.05) is 19.7 Å². The van der Waals surface area contributed by atoms with Crippen LogP contribution in [-0.2, 0) is 22.4 Å². The summed E-state index contributed by atoms with van der Waals surface area (Å²) in [5.74, 6) is -0.107. The molecule has 4 rings (SSSR count). The summed E-state index contributed by atoms with van der Waals surface area (Å²) in [7, 11) is 0. The molecule has 3 aromatic rings. The standard InChI is InChI=1S/C31H44N6O4/c1-5-23-27(30(39)41-6-2)36-28(33-23)25(18-21-19-32-24-14-10-9-13-22(21)24)34-29(38)26(17-20(3)4)35-31(40)37-15-11-7-8-12-16-37/h9-10,13-14,19-20,25-26,32H,5-8,11-12,15-18H2,1-4H3,(H,33,36)(H,34,38)(H,35,40)/t25-,26+/m1/s1. The average Bonchev–Trinajstić information content (AvgIpc) is 3.46. The molecule has 10 nitrogen and oxygen atoms in total. The molecule has 2 atom stereocenters. The van der Waals surface area contributed by atoms with E-state index in [1.165, 1.54) is 0 Å². The number of likely N-dealkylation sites (tertiary alicyclic amines) is 1. The molecule has 0 spiro atoms. The highest BCUT2D eigenvalue weighted by atomic mass is 16.5. The summed E-state index contributed by atoms with van der Waals surface area (Å²) < 4.78 is 5.23. The molecule has 0 radical (unpaired) electrons. The normalized spacial score (nSPS) is 15.4. The van der Waals surface area contributed by atoms with Crippen molar-refractivity contribution in [2.24, 2.45) is 5.92 Å². The first-order valence-corrected chi connectivity index (χ1v) is 15.0. The Balaban J connectivity index is 1.62. The third-order valence-electron chi connectivity index (χ3n) is 7.58. The van der Waals surface area contributed by atoms with Gasteiger partial charge in [-0.2, -0.15) is 0 Å². The van der Waals surface area contributed by atoms with Gasteiger partial charge >= 0.3 is 12.0 Å². The van der Waals surface area contributed by atoms with Crippen LogP contribution in [0.4, 0.5) is 4.79 Å². The van der Waals surface area contributed by atoms with E-state index in [1.807, 2.05) is 56.1 Å². The molecule has 3 amide bonds. The molecule has 0 saturated carbocycles. The molecule has 41 heavy (non-hydrogen) atoms. The molecule has 1 saturated heterocycles. The second kappa shape index (κ2) is 14.2. The Labute approximate surface area is 242 Å². The Hall–Kier alpha value is -3.82. The molecule has 1 aliphatic rings. The minimum absolute atomic E-state index is 0.188. The molecule has 10 heteroatoms. The summed E-state index contributed by atoms with van der Waals surface area (Å²) in [6.45, 7) is 9.41. The average molecular weight is 565 g/mol. The summed E-state index contributed by atoms with van der Waals surface area (Å²) in [4.78, 5) is 52.7. The fourth-order valence-corrected chi connectivity index (χ4v) is 5.44. The monoisotopic (exact) mass is 564 g/mol. The molecule has 0 bridgehead atoms. The number of carbonyl (C=O) groups excluding carboxylic acids is 3. The fraction of sp³-hybridized carbons (Fsp3) is 0.548. The van der Waals surface area contributed by atoms with E-state index in [2.05, 4.69) is 25.6 Å². The Bertz CT molecular complexity index is 1320. The largest absolute Gasteiger partial charge is 0.461 e. The Kier molecular flexibility index (Phi) is 10.4. The first kappa shape index (κ1) is 30.1. The van der Waals surface area contributed by atoms with Gasteiger partial charge in [0, 0.05) is 42.3 Å². The van der Waals surface area contributed by atoms with Crippen molar-refractivity contribution < 1.29 is 19.1 Å². The van der Waals surface area contributed by atoms with Crippen molar-refractivity contribution in [3.8, 4) is 0 Å². The number of imidazole rings is 1. The number of benzene rings is 1. The number of fused-ring (bicyclic) bond motifs is 1. The summed E-state index contributed by atoms with van der Waals surface area (Å²) in [6.07, 6.45) is 7.60. The van der Waals surface area contributed by atoms with Gasteiger partial charge in [-0.3, -0.25) is 4.79 Å². The van der Waals surface area contributed by atoms with Crippen LogP contribution in [0.5, 0.6) is 0 Å². The van der Waals surface area contributed by atoms with Crippen LogP contribution < -0.4 is 10.6 Å².